The Balaban J connectivity index is 1.52. The monoisotopic (exact) mass is 490 g/mol. The van der Waals surface area contributed by atoms with Gasteiger partial charge in [-0.25, -0.2) is 0 Å². The third-order valence-corrected chi connectivity index (χ3v) is 10.6. The van der Waals surface area contributed by atoms with Crippen molar-refractivity contribution in [1.29, 1.82) is 0 Å². The molecule has 0 amide bonds. The predicted molar refractivity (Wildman–Crippen MR) is 139 cm³/mol. The molecule has 0 bridgehead atoms. The lowest BCUT2D eigenvalue weighted by Gasteiger charge is -2.57. The van der Waals surface area contributed by atoms with E-state index in [2.05, 4.69) is 32.9 Å². The van der Waals surface area contributed by atoms with Gasteiger partial charge in [-0.2, -0.15) is 0 Å². The molecule has 5 nitrogen and oxygen atoms in total. The van der Waals surface area contributed by atoms with Crippen LogP contribution in [-0.2, 0) is 4.74 Å². The second kappa shape index (κ2) is 10.2. The first-order chi connectivity index (χ1) is 16.4. The largest absolute Gasteiger partial charge is 0.396 e. The Morgan fingerprint density at radius 1 is 1.09 bits per heavy atom. The number of rotatable bonds is 9. The van der Waals surface area contributed by atoms with Crippen LogP contribution in [0.15, 0.2) is 23.3 Å². The summed E-state index contributed by atoms with van der Waals surface area (Å²) in [7, 11) is 0. The van der Waals surface area contributed by atoms with Crippen LogP contribution in [-0.4, -0.2) is 57.6 Å². The Morgan fingerprint density at radius 3 is 2.51 bits per heavy atom. The number of hydrogen-bond acceptors (Lipinski definition) is 5. The van der Waals surface area contributed by atoms with Crippen LogP contribution in [0.25, 0.3) is 0 Å². The van der Waals surface area contributed by atoms with Crippen molar-refractivity contribution < 1.29 is 25.2 Å². The average Bonchev–Trinajstić information content (AvgIpc) is 3.14. The van der Waals surface area contributed by atoms with E-state index in [1.165, 1.54) is 31.3 Å². The summed E-state index contributed by atoms with van der Waals surface area (Å²) in [6.45, 7) is 11.4. The summed E-state index contributed by atoms with van der Waals surface area (Å²) in [5.41, 5.74) is 1.96. The summed E-state index contributed by atoms with van der Waals surface area (Å²) in [5.74, 6) is 2.18. The predicted octanol–water partition coefficient (Wildman–Crippen LogP) is 4.77. The molecule has 4 aliphatic rings. The van der Waals surface area contributed by atoms with Crippen molar-refractivity contribution in [2.24, 2.45) is 34.5 Å². The third kappa shape index (κ3) is 4.93. The van der Waals surface area contributed by atoms with E-state index in [9.17, 15) is 15.3 Å². The molecule has 4 rings (SSSR count). The minimum absolute atomic E-state index is 0.0501. The minimum atomic E-state index is -0.757. The van der Waals surface area contributed by atoms with Crippen LogP contribution in [0.2, 0.25) is 0 Å². The van der Waals surface area contributed by atoms with E-state index in [-0.39, 0.29) is 17.9 Å². The molecule has 3 fully saturated rings. The Morgan fingerprint density at radius 2 is 1.83 bits per heavy atom. The van der Waals surface area contributed by atoms with Crippen molar-refractivity contribution in [2.75, 3.05) is 13.2 Å². The Hall–Kier alpha value is -0.720. The molecule has 4 N–H and O–H groups in total. The summed E-state index contributed by atoms with van der Waals surface area (Å²) in [6.07, 6.45) is 11.3. The van der Waals surface area contributed by atoms with Gasteiger partial charge in [0.15, 0.2) is 0 Å². The number of aliphatic hydroxyl groups excluding tert-OH is 3. The summed E-state index contributed by atoms with van der Waals surface area (Å²) < 4.78 is 5.93. The van der Waals surface area contributed by atoms with Crippen LogP contribution in [0.4, 0.5) is 0 Å². The lowest BCUT2D eigenvalue weighted by atomic mass is 9.49. The van der Waals surface area contributed by atoms with Crippen LogP contribution < -0.4 is 0 Å². The lowest BCUT2D eigenvalue weighted by Crippen LogP contribution is -2.59. The molecule has 9 atom stereocenters. The molecule has 0 heterocycles. The summed E-state index contributed by atoms with van der Waals surface area (Å²) in [6, 6.07) is 0. The molecule has 1 unspecified atom stereocenters. The molecule has 0 aromatic carbocycles. The Kier molecular flexibility index (Phi) is 7.97. The number of aliphatic hydroxyl groups is 4. The third-order valence-electron chi connectivity index (χ3n) is 10.6. The fraction of sp³-hybridized carbons (Fsp3) is 0.867. The van der Waals surface area contributed by atoms with Gasteiger partial charge in [0.1, 0.15) is 6.10 Å². The molecule has 3 saturated carbocycles. The van der Waals surface area contributed by atoms with E-state index >= 15 is 0 Å². The van der Waals surface area contributed by atoms with E-state index in [1.807, 2.05) is 13.8 Å². The van der Waals surface area contributed by atoms with E-state index in [0.717, 1.165) is 24.8 Å². The molecule has 0 saturated heterocycles. The molecule has 5 heteroatoms. The van der Waals surface area contributed by atoms with Gasteiger partial charge in [-0.15, -0.1) is 0 Å². The van der Waals surface area contributed by atoms with Crippen LogP contribution in [0, 0.1) is 34.5 Å². The highest BCUT2D eigenvalue weighted by Gasteiger charge is 2.60. The minimum Gasteiger partial charge on any atom is -0.396 e. The van der Waals surface area contributed by atoms with Crippen LogP contribution in [0.5, 0.6) is 0 Å². The SMILES string of the molecule is C[C@H](CCCC(C)(C)O)[C@H]1CC[C@H]2C3=CC=C4C[C@@H](O)[C@@H](OCCCO)[C@H](O)[C@]4(C)C3CC[C@]12C. The number of hydrogen-bond donors (Lipinski definition) is 4. The van der Waals surface area contributed by atoms with Gasteiger partial charge in [0, 0.05) is 18.6 Å². The first kappa shape index (κ1) is 27.3. The van der Waals surface area contributed by atoms with Gasteiger partial charge in [-0.05, 0) is 87.9 Å². The van der Waals surface area contributed by atoms with Crippen molar-refractivity contribution in [3.63, 3.8) is 0 Å². The van der Waals surface area contributed by atoms with Crippen LogP contribution in [0.3, 0.4) is 0 Å². The van der Waals surface area contributed by atoms with Gasteiger partial charge in [0.05, 0.1) is 17.8 Å². The van der Waals surface area contributed by atoms with Crippen molar-refractivity contribution >= 4 is 0 Å². The Bertz CT molecular complexity index is 812. The topological polar surface area (TPSA) is 90.2 Å². The standard InChI is InChI=1S/C30H50O5/c1-19(8-6-14-28(2,3)34)22-11-12-23-21-10-9-20-18-25(32)26(35-17-7-16-31)27(33)30(20,5)24(21)13-15-29(22,23)4/h9-10,19,22-27,31-34H,6-8,11-18H2,1-5H3/t19-,22-,23+,24?,25-,26-,27+,29-,30+/m1/s1. The number of fused-ring (bicyclic) bond motifs is 5. The second-order valence-electron chi connectivity index (χ2n) is 13.3. The molecule has 0 aliphatic heterocycles. The second-order valence-corrected chi connectivity index (χ2v) is 13.3. The Labute approximate surface area is 212 Å². The highest BCUT2D eigenvalue weighted by molar-refractivity contribution is 5.40. The van der Waals surface area contributed by atoms with Gasteiger partial charge in [-0.3, -0.25) is 0 Å². The van der Waals surface area contributed by atoms with E-state index in [1.54, 1.807) is 0 Å². The number of ether oxygens (including phenoxy) is 1. The number of allylic oxidation sites excluding steroid dienone is 3. The van der Waals surface area contributed by atoms with E-state index < -0.39 is 29.3 Å². The van der Waals surface area contributed by atoms with Gasteiger partial charge < -0.3 is 25.2 Å². The van der Waals surface area contributed by atoms with Gasteiger partial charge in [0.2, 0.25) is 0 Å². The maximum Gasteiger partial charge on any atom is 0.110 e. The van der Waals surface area contributed by atoms with Gasteiger partial charge in [-0.1, -0.05) is 56.9 Å². The van der Waals surface area contributed by atoms with Crippen molar-refractivity contribution in [3.05, 3.63) is 23.3 Å². The zero-order chi connectivity index (χ0) is 25.6. The lowest BCUT2D eigenvalue weighted by molar-refractivity contribution is -0.162. The molecule has 35 heavy (non-hydrogen) atoms. The molecular weight excluding hydrogens is 440 g/mol. The summed E-state index contributed by atoms with van der Waals surface area (Å²) in [5, 5.41) is 41.6. The summed E-state index contributed by atoms with van der Waals surface area (Å²) >= 11 is 0. The zero-order valence-corrected chi connectivity index (χ0v) is 22.7. The van der Waals surface area contributed by atoms with Gasteiger partial charge >= 0.3 is 0 Å². The van der Waals surface area contributed by atoms with Crippen LogP contribution in [0.1, 0.15) is 92.4 Å². The molecule has 200 valence electrons. The average molecular weight is 491 g/mol. The quantitative estimate of drug-likeness (QED) is 0.350. The van der Waals surface area contributed by atoms with Crippen molar-refractivity contribution in [2.45, 2.75) is 116 Å². The maximum atomic E-state index is 11.6. The fourth-order valence-corrected chi connectivity index (χ4v) is 8.57. The fourth-order valence-electron chi connectivity index (χ4n) is 8.57. The highest BCUT2D eigenvalue weighted by Crippen LogP contribution is 2.66. The normalized spacial score (nSPS) is 42.0. The molecule has 4 aliphatic carbocycles. The van der Waals surface area contributed by atoms with E-state index in [4.69, 9.17) is 9.84 Å². The first-order valence-corrected chi connectivity index (χ1v) is 14.2. The van der Waals surface area contributed by atoms with E-state index in [0.29, 0.717) is 37.2 Å². The smallest absolute Gasteiger partial charge is 0.110 e. The highest BCUT2D eigenvalue weighted by atomic mass is 16.5. The summed E-state index contributed by atoms with van der Waals surface area (Å²) in [4.78, 5) is 0. The maximum absolute atomic E-state index is 11.6. The molecule has 0 radical (unpaired) electrons. The molecule has 0 aromatic heterocycles. The van der Waals surface area contributed by atoms with Crippen molar-refractivity contribution in [3.8, 4) is 0 Å². The molecule has 0 spiro atoms. The first-order valence-electron chi connectivity index (χ1n) is 14.2. The van der Waals surface area contributed by atoms with Crippen LogP contribution >= 0.6 is 0 Å². The van der Waals surface area contributed by atoms with Gasteiger partial charge in [0.25, 0.3) is 0 Å². The van der Waals surface area contributed by atoms with Crippen molar-refractivity contribution in [1.82, 2.24) is 0 Å². The zero-order valence-electron chi connectivity index (χ0n) is 22.7. The molecule has 0 aromatic rings. The molecular formula is C30H50O5.